The van der Waals surface area contributed by atoms with Crippen molar-refractivity contribution in [1.29, 1.82) is 0 Å². The number of aryl methyl sites for hydroxylation is 1. The number of phenolic OH excluding ortho intramolecular Hbond substituents is 1. The zero-order chi connectivity index (χ0) is 29.6. The van der Waals surface area contributed by atoms with E-state index >= 15 is 0 Å². The standard InChI is InChI=1S/C34H34FN5O3/c1-38-32-25(13-22(15-29(32)43-2)34(42)40-17-21-8-10-26(40)30(21)36)37-33(38)27-14-20-4-3-5-23(19-9-11-28(41)24(35)12-19)31(20)39(27)16-18-6-7-18/h3-5,9,11-15,18,21,26,30,41H,6-8,10,16-17,36H2,1-2H3/t21-,26-,30-/m1/s1. The topological polar surface area (TPSA) is 98.5 Å². The van der Waals surface area contributed by atoms with E-state index in [1.165, 1.54) is 25.0 Å². The fourth-order valence-corrected chi connectivity index (χ4v) is 7.43. The molecule has 3 N–H and O–H groups in total. The number of carbonyl (C=O) groups excluding carboxylic acids is 1. The zero-order valence-corrected chi connectivity index (χ0v) is 24.3. The highest BCUT2D eigenvalue weighted by Gasteiger charge is 2.47. The van der Waals surface area contributed by atoms with Crippen LogP contribution in [0.1, 0.15) is 36.0 Å². The van der Waals surface area contributed by atoms with E-state index in [-0.39, 0.29) is 23.7 Å². The van der Waals surface area contributed by atoms with Gasteiger partial charge in [-0.05, 0) is 73.4 Å². The van der Waals surface area contributed by atoms with Crippen molar-refractivity contribution >= 4 is 27.8 Å². The van der Waals surface area contributed by atoms with E-state index in [1.807, 2.05) is 40.8 Å². The molecule has 0 unspecified atom stereocenters. The highest BCUT2D eigenvalue weighted by atomic mass is 19.1. The molecule has 220 valence electrons. The molecule has 0 radical (unpaired) electrons. The summed E-state index contributed by atoms with van der Waals surface area (Å²) in [7, 11) is 3.60. The number of aromatic nitrogens is 3. The number of fused-ring (bicyclic) bond motifs is 4. The predicted molar refractivity (Wildman–Crippen MR) is 164 cm³/mol. The van der Waals surface area contributed by atoms with Crippen LogP contribution in [0.15, 0.2) is 54.6 Å². The van der Waals surface area contributed by atoms with Crippen LogP contribution < -0.4 is 10.5 Å². The fourth-order valence-electron chi connectivity index (χ4n) is 7.43. The van der Waals surface area contributed by atoms with E-state index < -0.39 is 5.82 Å². The Morgan fingerprint density at radius 2 is 1.93 bits per heavy atom. The van der Waals surface area contributed by atoms with Crippen molar-refractivity contribution < 1.29 is 19.0 Å². The lowest BCUT2D eigenvalue weighted by Gasteiger charge is -2.27. The number of piperidine rings is 1. The van der Waals surface area contributed by atoms with E-state index in [1.54, 1.807) is 13.2 Å². The monoisotopic (exact) mass is 579 g/mol. The molecular weight excluding hydrogens is 545 g/mol. The molecule has 2 aromatic heterocycles. The summed E-state index contributed by atoms with van der Waals surface area (Å²) in [5.41, 5.74) is 12.0. The van der Waals surface area contributed by atoms with Crippen LogP contribution in [0.5, 0.6) is 11.5 Å². The second-order valence-electron chi connectivity index (χ2n) is 12.5. The van der Waals surface area contributed by atoms with Gasteiger partial charge in [0.05, 0.1) is 23.8 Å². The van der Waals surface area contributed by atoms with Crippen LogP contribution in [0.4, 0.5) is 4.39 Å². The van der Waals surface area contributed by atoms with Gasteiger partial charge in [-0.1, -0.05) is 24.3 Å². The Morgan fingerprint density at radius 3 is 2.63 bits per heavy atom. The molecule has 3 heterocycles. The molecule has 1 amide bonds. The molecule has 43 heavy (non-hydrogen) atoms. The molecular formula is C34H34FN5O3. The largest absolute Gasteiger partial charge is 0.505 e. The average molecular weight is 580 g/mol. The van der Waals surface area contributed by atoms with Gasteiger partial charge in [0, 0.05) is 48.7 Å². The average Bonchev–Trinajstić information content (AvgIpc) is 3.40. The van der Waals surface area contributed by atoms with Crippen LogP contribution in [0.25, 0.3) is 44.6 Å². The number of ether oxygens (including phenoxy) is 1. The van der Waals surface area contributed by atoms with Crippen LogP contribution in [-0.4, -0.2) is 55.8 Å². The quantitative estimate of drug-likeness (QED) is 0.270. The third kappa shape index (κ3) is 4.05. The molecule has 3 atom stereocenters. The predicted octanol–water partition coefficient (Wildman–Crippen LogP) is 5.69. The number of amides is 1. The van der Waals surface area contributed by atoms with Crippen LogP contribution in [0, 0.1) is 17.7 Å². The minimum absolute atomic E-state index is 0.0244. The molecule has 8 nitrogen and oxygen atoms in total. The van der Waals surface area contributed by atoms with Crippen LogP contribution in [0.3, 0.4) is 0 Å². The summed E-state index contributed by atoms with van der Waals surface area (Å²) in [6.07, 6.45) is 4.37. The number of hydrogen-bond donors (Lipinski definition) is 2. The Hall–Kier alpha value is -4.37. The molecule has 5 aromatic rings. The Bertz CT molecular complexity index is 1940. The van der Waals surface area contributed by atoms with E-state index in [4.69, 9.17) is 15.5 Å². The Morgan fingerprint density at radius 1 is 1.09 bits per heavy atom. The molecule has 1 saturated heterocycles. The van der Waals surface area contributed by atoms with Crippen molar-refractivity contribution in [2.45, 2.75) is 44.3 Å². The molecule has 9 heteroatoms. The molecule has 2 aliphatic carbocycles. The van der Waals surface area contributed by atoms with Gasteiger partial charge in [-0.2, -0.15) is 0 Å². The van der Waals surface area contributed by atoms with Gasteiger partial charge in [-0.15, -0.1) is 0 Å². The number of aromatic hydroxyl groups is 1. The highest BCUT2D eigenvalue weighted by Crippen LogP contribution is 2.42. The van der Waals surface area contributed by atoms with Gasteiger partial charge in [0.15, 0.2) is 17.4 Å². The summed E-state index contributed by atoms with van der Waals surface area (Å²) >= 11 is 0. The number of phenols is 1. The second kappa shape index (κ2) is 9.57. The number of imidazole rings is 1. The normalized spacial score (nSPS) is 21.4. The number of nitrogens with zero attached hydrogens (tertiary/aromatic N) is 4. The van der Waals surface area contributed by atoms with Crippen molar-refractivity contribution in [3.05, 3.63) is 66.0 Å². The summed E-state index contributed by atoms with van der Waals surface area (Å²) in [6.45, 7) is 1.52. The molecule has 2 bridgehead atoms. The van der Waals surface area contributed by atoms with Crippen LogP contribution >= 0.6 is 0 Å². The van der Waals surface area contributed by atoms with Crippen LogP contribution in [-0.2, 0) is 13.6 Å². The number of methoxy groups -OCH3 is 1. The summed E-state index contributed by atoms with van der Waals surface area (Å²) in [5, 5.41) is 10.8. The molecule has 3 aromatic carbocycles. The molecule has 2 saturated carbocycles. The van der Waals surface area contributed by atoms with E-state index in [0.717, 1.165) is 52.9 Å². The fraction of sp³-hybridized carbons (Fsp3) is 0.353. The van der Waals surface area contributed by atoms with Crippen molar-refractivity contribution in [2.75, 3.05) is 13.7 Å². The molecule has 0 spiro atoms. The van der Waals surface area contributed by atoms with Gasteiger partial charge in [-0.3, -0.25) is 4.79 Å². The van der Waals surface area contributed by atoms with Gasteiger partial charge in [0.2, 0.25) is 0 Å². The maximum atomic E-state index is 14.4. The zero-order valence-electron chi connectivity index (χ0n) is 24.3. The third-order valence-corrected chi connectivity index (χ3v) is 9.86. The number of likely N-dealkylation sites (tertiary alicyclic amines) is 1. The summed E-state index contributed by atoms with van der Waals surface area (Å²) in [4.78, 5) is 20.8. The summed E-state index contributed by atoms with van der Waals surface area (Å²) in [6, 6.07) is 16.5. The van der Waals surface area contributed by atoms with E-state index in [0.29, 0.717) is 40.8 Å². The number of rotatable bonds is 6. The number of halogens is 1. The number of carbonyl (C=O) groups is 1. The van der Waals surface area contributed by atoms with Gasteiger partial charge < -0.3 is 29.6 Å². The lowest BCUT2D eigenvalue weighted by Crippen LogP contribution is -2.41. The first-order chi connectivity index (χ1) is 20.8. The van der Waals surface area contributed by atoms with Crippen LogP contribution in [0.2, 0.25) is 0 Å². The highest BCUT2D eigenvalue weighted by molar-refractivity contribution is 6.01. The smallest absolute Gasteiger partial charge is 0.254 e. The van der Waals surface area contributed by atoms with Crippen molar-refractivity contribution in [2.24, 2.45) is 24.6 Å². The number of nitrogens with two attached hydrogens (primary N) is 1. The van der Waals surface area contributed by atoms with E-state index in [9.17, 15) is 14.3 Å². The minimum atomic E-state index is -0.647. The number of para-hydroxylation sites is 1. The van der Waals surface area contributed by atoms with Crippen molar-refractivity contribution in [3.8, 4) is 34.1 Å². The molecule has 3 aliphatic rings. The van der Waals surface area contributed by atoms with Gasteiger partial charge in [0.1, 0.15) is 11.3 Å². The van der Waals surface area contributed by atoms with Gasteiger partial charge in [0.25, 0.3) is 5.91 Å². The SMILES string of the molecule is COc1cc(C(=O)N2C[C@H]3CC[C@@H]2[C@@H]3N)cc2nc(-c3cc4cccc(-c5ccc(O)c(F)c5)c4n3CC3CC3)n(C)c12. The maximum Gasteiger partial charge on any atom is 0.254 e. The van der Waals surface area contributed by atoms with Crippen molar-refractivity contribution in [3.63, 3.8) is 0 Å². The Balaban J connectivity index is 1.28. The Labute approximate surface area is 248 Å². The molecule has 8 rings (SSSR count). The number of hydrogen-bond acceptors (Lipinski definition) is 5. The Kier molecular flexibility index (Phi) is 5.85. The van der Waals surface area contributed by atoms with Gasteiger partial charge in [-0.25, -0.2) is 9.37 Å². The molecule has 1 aliphatic heterocycles. The first kappa shape index (κ1) is 26.3. The second-order valence-corrected chi connectivity index (χ2v) is 12.5. The van der Waals surface area contributed by atoms with E-state index in [2.05, 4.69) is 16.7 Å². The van der Waals surface area contributed by atoms with Gasteiger partial charge >= 0.3 is 0 Å². The third-order valence-electron chi connectivity index (χ3n) is 9.86. The molecule has 3 fully saturated rings. The first-order valence-corrected chi connectivity index (χ1v) is 15.0. The maximum absolute atomic E-state index is 14.4. The lowest BCUT2D eigenvalue weighted by molar-refractivity contribution is 0.0700. The summed E-state index contributed by atoms with van der Waals surface area (Å²) in [5.74, 6) is 1.26. The summed E-state index contributed by atoms with van der Waals surface area (Å²) < 4.78 is 24.6. The van der Waals surface area contributed by atoms with Crippen molar-refractivity contribution in [1.82, 2.24) is 19.0 Å². The minimum Gasteiger partial charge on any atom is -0.505 e. The first-order valence-electron chi connectivity index (χ1n) is 15.0. The lowest BCUT2D eigenvalue weighted by atomic mass is 10.0. The number of benzene rings is 3.